The van der Waals surface area contributed by atoms with Crippen molar-refractivity contribution in [3.05, 3.63) is 64.9 Å². The molecular formula is C17H12BrN3. The van der Waals surface area contributed by atoms with Crippen LogP contribution in [0.3, 0.4) is 0 Å². The van der Waals surface area contributed by atoms with Crippen molar-refractivity contribution in [3.8, 4) is 11.1 Å². The standard InChI is InChI=1S/C17H12BrN3/c1-11-19-20-17-10-14(12-5-3-2-4-6-12)15-9-13(18)7-8-16(15)21(11)17/h2-10H,1H3. The average molecular weight is 338 g/mol. The third-order valence-corrected chi connectivity index (χ3v) is 4.19. The molecule has 2 aromatic carbocycles. The largest absolute Gasteiger partial charge is 0.279 e. The molecule has 0 unspecified atom stereocenters. The Hall–Kier alpha value is -2.20. The molecule has 0 saturated carbocycles. The Bertz CT molecular complexity index is 958. The van der Waals surface area contributed by atoms with Crippen molar-refractivity contribution in [1.82, 2.24) is 14.6 Å². The molecule has 0 amide bonds. The van der Waals surface area contributed by atoms with Crippen LogP contribution in [-0.4, -0.2) is 14.6 Å². The van der Waals surface area contributed by atoms with Gasteiger partial charge in [-0.15, -0.1) is 10.2 Å². The maximum Gasteiger partial charge on any atom is 0.161 e. The Kier molecular flexibility index (Phi) is 2.79. The lowest BCUT2D eigenvalue weighted by atomic mass is 10.0. The first-order chi connectivity index (χ1) is 10.2. The Morgan fingerprint density at radius 2 is 1.76 bits per heavy atom. The lowest BCUT2D eigenvalue weighted by Gasteiger charge is -2.10. The van der Waals surface area contributed by atoms with E-state index < -0.39 is 0 Å². The van der Waals surface area contributed by atoms with Crippen molar-refractivity contribution in [3.63, 3.8) is 0 Å². The van der Waals surface area contributed by atoms with Crippen LogP contribution in [-0.2, 0) is 0 Å². The van der Waals surface area contributed by atoms with Crippen molar-refractivity contribution < 1.29 is 0 Å². The minimum absolute atomic E-state index is 0.876. The summed E-state index contributed by atoms with van der Waals surface area (Å²) in [5.74, 6) is 0.900. The number of rotatable bonds is 1. The summed E-state index contributed by atoms with van der Waals surface area (Å²) >= 11 is 3.57. The molecule has 21 heavy (non-hydrogen) atoms. The lowest BCUT2D eigenvalue weighted by Crippen LogP contribution is -1.93. The van der Waals surface area contributed by atoms with E-state index in [1.54, 1.807) is 0 Å². The first kappa shape index (κ1) is 12.5. The zero-order valence-electron chi connectivity index (χ0n) is 11.4. The number of hydrogen-bond acceptors (Lipinski definition) is 2. The first-order valence-corrected chi connectivity index (χ1v) is 7.53. The number of nitrogens with zero attached hydrogens (tertiary/aromatic N) is 3. The summed E-state index contributed by atoms with van der Waals surface area (Å²) in [4.78, 5) is 0. The van der Waals surface area contributed by atoms with Gasteiger partial charge in [0.1, 0.15) is 5.82 Å². The molecule has 2 aromatic heterocycles. The van der Waals surface area contributed by atoms with Gasteiger partial charge in [0.15, 0.2) is 5.65 Å². The Morgan fingerprint density at radius 1 is 0.952 bits per heavy atom. The van der Waals surface area contributed by atoms with Crippen molar-refractivity contribution in [2.45, 2.75) is 6.92 Å². The quantitative estimate of drug-likeness (QED) is 0.507. The fourth-order valence-electron chi connectivity index (χ4n) is 2.75. The van der Waals surface area contributed by atoms with Gasteiger partial charge in [0.2, 0.25) is 0 Å². The minimum atomic E-state index is 0.876. The maximum atomic E-state index is 4.28. The molecule has 0 radical (unpaired) electrons. The molecule has 0 saturated heterocycles. The molecule has 0 aliphatic heterocycles. The number of aryl methyl sites for hydroxylation is 1. The first-order valence-electron chi connectivity index (χ1n) is 6.73. The van der Waals surface area contributed by atoms with E-state index in [2.05, 4.69) is 79.1 Å². The minimum Gasteiger partial charge on any atom is -0.279 e. The highest BCUT2D eigenvalue weighted by molar-refractivity contribution is 9.10. The normalized spacial score (nSPS) is 11.3. The van der Waals surface area contributed by atoms with Gasteiger partial charge in [0.25, 0.3) is 0 Å². The molecule has 4 rings (SSSR count). The summed E-state index contributed by atoms with van der Waals surface area (Å²) in [6.45, 7) is 1.98. The van der Waals surface area contributed by atoms with Gasteiger partial charge in [-0.1, -0.05) is 46.3 Å². The number of benzene rings is 2. The molecule has 0 aliphatic rings. The molecule has 4 aromatic rings. The highest BCUT2D eigenvalue weighted by Crippen LogP contribution is 2.32. The number of hydrogen-bond donors (Lipinski definition) is 0. The molecular weight excluding hydrogens is 326 g/mol. The molecule has 2 heterocycles. The Balaban J connectivity index is 2.21. The molecule has 0 spiro atoms. The SMILES string of the molecule is Cc1nnc2cc(-c3ccccc3)c3cc(Br)ccc3n12. The van der Waals surface area contributed by atoms with Gasteiger partial charge in [-0.3, -0.25) is 4.40 Å². The van der Waals surface area contributed by atoms with Crippen LogP contribution in [0.15, 0.2) is 59.1 Å². The topological polar surface area (TPSA) is 30.2 Å². The molecule has 0 atom stereocenters. The van der Waals surface area contributed by atoms with Gasteiger partial charge in [-0.2, -0.15) is 0 Å². The number of pyridine rings is 1. The summed E-state index contributed by atoms with van der Waals surface area (Å²) in [5, 5.41) is 9.67. The van der Waals surface area contributed by atoms with Crippen LogP contribution in [0, 0.1) is 6.92 Å². The predicted octanol–water partition coefficient (Wildman–Crippen LogP) is 4.62. The summed E-state index contributed by atoms with van der Waals surface area (Å²) in [6.07, 6.45) is 0. The van der Waals surface area contributed by atoms with Crippen molar-refractivity contribution in [2.75, 3.05) is 0 Å². The van der Waals surface area contributed by atoms with E-state index in [-0.39, 0.29) is 0 Å². The summed E-state index contributed by atoms with van der Waals surface area (Å²) in [5.41, 5.74) is 4.36. The van der Waals surface area contributed by atoms with E-state index in [1.807, 2.05) is 13.0 Å². The number of fused-ring (bicyclic) bond motifs is 3. The summed E-state index contributed by atoms with van der Waals surface area (Å²) in [6, 6.07) is 18.8. The van der Waals surface area contributed by atoms with Crippen LogP contribution in [0.25, 0.3) is 27.7 Å². The monoisotopic (exact) mass is 337 g/mol. The summed E-state index contributed by atoms with van der Waals surface area (Å²) in [7, 11) is 0. The van der Waals surface area contributed by atoms with Crippen LogP contribution >= 0.6 is 15.9 Å². The van der Waals surface area contributed by atoms with E-state index in [4.69, 9.17) is 0 Å². The van der Waals surface area contributed by atoms with E-state index in [1.165, 1.54) is 16.5 Å². The lowest BCUT2D eigenvalue weighted by molar-refractivity contribution is 1.02. The maximum absolute atomic E-state index is 4.28. The van der Waals surface area contributed by atoms with E-state index >= 15 is 0 Å². The predicted molar refractivity (Wildman–Crippen MR) is 88.4 cm³/mol. The molecule has 4 heteroatoms. The van der Waals surface area contributed by atoms with Crippen LogP contribution in [0.4, 0.5) is 0 Å². The number of halogens is 1. The van der Waals surface area contributed by atoms with Crippen molar-refractivity contribution in [1.29, 1.82) is 0 Å². The third kappa shape index (κ3) is 1.94. The fraction of sp³-hybridized carbons (Fsp3) is 0.0588. The van der Waals surface area contributed by atoms with E-state index in [9.17, 15) is 0 Å². The molecule has 102 valence electrons. The van der Waals surface area contributed by atoms with Gasteiger partial charge >= 0.3 is 0 Å². The Labute approximate surface area is 130 Å². The van der Waals surface area contributed by atoms with Crippen LogP contribution < -0.4 is 0 Å². The zero-order valence-corrected chi connectivity index (χ0v) is 13.0. The molecule has 3 nitrogen and oxygen atoms in total. The van der Waals surface area contributed by atoms with Crippen LogP contribution in [0.5, 0.6) is 0 Å². The molecule has 0 bridgehead atoms. The molecule has 0 fully saturated rings. The van der Waals surface area contributed by atoms with Gasteiger partial charge in [-0.05, 0) is 42.3 Å². The van der Waals surface area contributed by atoms with Crippen LogP contribution in [0.2, 0.25) is 0 Å². The second-order valence-electron chi connectivity index (χ2n) is 5.03. The zero-order chi connectivity index (χ0) is 14.4. The fourth-order valence-corrected chi connectivity index (χ4v) is 3.11. The highest BCUT2D eigenvalue weighted by Gasteiger charge is 2.11. The second-order valence-corrected chi connectivity index (χ2v) is 5.94. The molecule has 0 aliphatic carbocycles. The van der Waals surface area contributed by atoms with Gasteiger partial charge in [0, 0.05) is 9.86 Å². The third-order valence-electron chi connectivity index (χ3n) is 3.70. The van der Waals surface area contributed by atoms with Gasteiger partial charge in [0.05, 0.1) is 5.52 Å². The Morgan fingerprint density at radius 3 is 2.57 bits per heavy atom. The molecule has 0 N–H and O–H groups in total. The van der Waals surface area contributed by atoms with E-state index in [0.29, 0.717) is 0 Å². The second kappa shape index (κ2) is 4.67. The van der Waals surface area contributed by atoms with Gasteiger partial charge in [-0.25, -0.2) is 0 Å². The highest BCUT2D eigenvalue weighted by atomic mass is 79.9. The average Bonchev–Trinajstić information content (AvgIpc) is 2.88. The van der Waals surface area contributed by atoms with Crippen LogP contribution in [0.1, 0.15) is 5.82 Å². The number of aromatic nitrogens is 3. The van der Waals surface area contributed by atoms with Gasteiger partial charge < -0.3 is 0 Å². The van der Waals surface area contributed by atoms with Crippen molar-refractivity contribution >= 4 is 32.5 Å². The smallest absolute Gasteiger partial charge is 0.161 e. The van der Waals surface area contributed by atoms with Crippen molar-refractivity contribution in [2.24, 2.45) is 0 Å². The summed E-state index contributed by atoms with van der Waals surface area (Å²) < 4.78 is 3.16. The van der Waals surface area contributed by atoms with E-state index in [0.717, 1.165) is 21.5 Å².